The molecule has 2 aromatic rings. The van der Waals surface area contributed by atoms with Gasteiger partial charge in [0.15, 0.2) is 5.96 Å². The first-order valence-electron chi connectivity index (χ1n) is 9.21. The zero-order valence-electron chi connectivity index (χ0n) is 16.3. The number of guanidine groups is 1. The van der Waals surface area contributed by atoms with Crippen molar-refractivity contribution in [2.24, 2.45) is 12.0 Å². The van der Waals surface area contributed by atoms with E-state index in [-0.39, 0.29) is 0 Å². The molecule has 0 amide bonds. The van der Waals surface area contributed by atoms with Gasteiger partial charge in [-0.05, 0) is 39.7 Å². The van der Waals surface area contributed by atoms with Crippen LogP contribution >= 0.6 is 15.9 Å². The quantitative estimate of drug-likeness (QED) is 0.581. The predicted molar refractivity (Wildman–Crippen MR) is 114 cm³/mol. The summed E-state index contributed by atoms with van der Waals surface area (Å²) in [7, 11) is 5.93. The Morgan fingerprint density at radius 3 is 2.56 bits per heavy atom. The van der Waals surface area contributed by atoms with Crippen molar-refractivity contribution in [3.8, 4) is 0 Å². The number of ether oxygens (including phenoxy) is 1. The van der Waals surface area contributed by atoms with Crippen molar-refractivity contribution >= 4 is 27.6 Å². The summed E-state index contributed by atoms with van der Waals surface area (Å²) in [6, 6.07) is 10.9. The zero-order chi connectivity index (χ0) is 19.2. The number of halogens is 1. The molecule has 2 heterocycles. The summed E-state index contributed by atoms with van der Waals surface area (Å²) in [5, 5.41) is 3.45. The van der Waals surface area contributed by atoms with Gasteiger partial charge in [-0.15, -0.1) is 0 Å². The van der Waals surface area contributed by atoms with Crippen LogP contribution < -0.4 is 10.2 Å². The van der Waals surface area contributed by atoms with Gasteiger partial charge in [-0.25, -0.2) is 0 Å². The molecule has 0 saturated carbocycles. The van der Waals surface area contributed by atoms with Crippen LogP contribution in [-0.2, 0) is 24.9 Å². The average molecular weight is 434 g/mol. The van der Waals surface area contributed by atoms with Crippen LogP contribution in [0.2, 0.25) is 0 Å². The van der Waals surface area contributed by atoms with Gasteiger partial charge in [0.05, 0.1) is 19.8 Å². The number of hydrogen-bond donors (Lipinski definition) is 1. The van der Waals surface area contributed by atoms with E-state index in [1.54, 1.807) is 0 Å². The molecule has 1 aromatic heterocycles. The third kappa shape index (κ3) is 5.26. The molecule has 1 aromatic carbocycles. The minimum Gasteiger partial charge on any atom is -0.378 e. The highest BCUT2D eigenvalue weighted by atomic mass is 79.9. The van der Waals surface area contributed by atoms with Crippen molar-refractivity contribution < 1.29 is 4.74 Å². The highest BCUT2D eigenvalue weighted by Gasteiger charge is 2.12. The van der Waals surface area contributed by atoms with Crippen molar-refractivity contribution in [2.45, 2.75) is 13.1 Å². The van der Waals surface area contributed by atoms with E-state index < -0.39 is 0 Å². The molecule has 1 aliphatic rings. The normalized spacial score (nSPS) is 15.1. The van der Waals surface area contributed by atoms with Gasteiger partial charge in [0.25, 0.3) is 0 Å². The van der Waals surface area contributed by atoms with Crippen molar-refractivity contribution in [3.05, 3.63) is 52.3 Å². The third-order valence-corrected chi connectivity index (χ3v) is 5.24. The Balaban J connectivity index is 1.54. The maximum absolute atomic E-state index is 5.42. The van der Waals surface area contributed by atoms with Crippen LogP contribution in [0.25, 0.3) is 0 Å². The molecule has 1 aliphatic heterocycles. The number of hydrogen-bond acceptors (Lipinski definition) is 3. The smallest absolute Gasteiger partial charge is 0.194 e. The predicted octanol–water partition coefficient (Wildman–Crippen LogP) is 2.83. The summed E-state index contributed by atoms with van der Waals surface area (Å²) in [5.74, 6) is 0.879. The fraction of sp³-hybridized carbons (Fsp3) is 0.450. The first kappa shape index (κ1) is 19.8. The molecule has 1 fully saturated rings. The molecule has 146 valence electrons. The Morgan fingerprint density at radius 2 is 1.96 bits per heavy atom. The average Bonchev–Trinajstić information content (AvgIpc) is 3.00. The highest BCUT2D eigenvalue weighted by molar-refractivity contribution is 9.10. The molecule has 1 N–H and O–H groups in total. The number of aliphatic imine (C=N–C) groups is 1. The lowest BCUT2D eigenvalue weighted by atomic mass is 10.2. The molecule has 1 saturated heterocycles. The van der Waals surface area contributed by atoms with E-state index in [9.17, 15) is 0 Å². The summed E-state index contributed by atoms with van der Waals surface area (Å²) in [6.45, 7) is 5.08. The van der Waals surface area contributed by atoms with Crippen molar-refractivity contribution in [1.82, 2.24) is 14.8 Å². The van der Waals surface area contributed by atoms with E-state index in [0.29, 0.717) is 0 Å². The van der Waals surface area contributed by atoms with Gasteiger partial charge in [0.1, 0.15) is 0 Å². The van der Waals surface area contributed by atoms with Crippen LogP contribution in [-0.4, -0.2) is 55.8 Å². The second-order valence-corrected chi connectivity index (χ2v) is 7.70. The monoisotopic (exact) mass is 433 g/mol. The van der Waals surface area contributed by atoms with E-state index in [1.807, 2.05) is 7.05 Å². The fourth-order valence-corrected chi connectivity index (χ4v) is 3.82. The molecule has 0 radical (unpaired) electrons. The second kappa shape index (κ2) is 9.28. The summed E-state index contributed by atoms with van der Waals surface area (Å²) in [4.78, 5) is 8.91. The van der Waals surface area contributed by atoms with E-state index in [4.69, 9.17) is 4.74 Å². The minimum atomic E-state index is 0.747. The Morgan fingerprint density at radius 1 is 1.26 bits per heavy atom. The molecule has 27 heavy (non-hydrogen) atoms. The highest BCUT2D eigenvalue weighted by Crippen LogP contribution is 2.17. The van der Waals surface area contributed by atoms with Crippen LogP contribution in [0, 0.1) is 0 Å². The van der Waals surface area contributed by atoms with Gasteiger partial charge in [-0.2, -0.15) is 0 Å². The molecule has 0 aliphatic carbocycles. The molecule has 6 nitrogen and oxygen atoms in total. The van der Waals surface area contributed by atoms with Crippen molar-refractivity contribution in [1.29, 1.82) is 0 Å². The fourth-order valence-electron chi connectivity index (χ4n) is 3.25. The maximum atomic E-state index is 5.42. The van der Waals surface area contributed by atoms with Gasteiger partial charge in [-0.3, -0.25) is 4.99 Å². The largest absolute Gasteiger partial charge is 0.378 e. The summed E-state index contributed by atoms with van der Waals surface area (Å²) < 4.78 is 8.64. The van der Waals surface area contributed by atoms with Crippen LogP contribution in [0.15, 0.2) is 46.0 Å². The molecule has 0 spiro atoms. The Hall–Kier alpha value is -1.99. The number of morpholine rings is 1. The molecular formula is C20H28BrN5O. The minimum absolute atomic E-state index is 0.747. The molecule has 7 heteroatoms. The summed E-state index contributed by atoms with van der Waals surface area (Å²) in [6.07, 6.45) is 2.06. The van der Waals surface area contributed by atoms with Crippen molar-refractivity contribution in [3.63, 3.8) is 0 Å². The van der Waals surface area contributed by atoms with Gasteiger partial charge in [0, 0.05) is 62.8 Å². The number of anilines is 1. The number of nitrogens with one attached hydrogen (secondary N) is 1. The number of aryl methyl sites for hydroxylation is 1. The summed E-state index contributed by atoms with van der Waals surface area (Å²) in [5.41, 5.74) is 3.73. The number of nitrogens with zero attached hydrogens (tertiary/aromatic N) is 4. The Kier molecular flexibility index (Phi) is 6.79. The van der Waals surface area contributed by atoms with Crippen LogP contribution in [0.5, 0.6) is 0 Å². The van der Waals surface area contributed by atoms with Crippen LogP contribution in [0.1, 0.15) is 11.3 Å². The summed E-state index contributed by atoms with van der Waals surface area (Å²) >= 11 is 3.53. The van der Waals surface area contributed by atoms with Gasteiger partial charge >= 0.3 is 0 Å². The molecule has 0 bridgehead atoms. The van der Waals surface area contributed by atoms with Crippen LogP contribution in [0.4, 0.5) is 5.69 Å². The van der Waals surface area contributed by atoms with Crippen LogP contribution in [0.3, 0.4) is 0 Å². The Bertz CT molecular complexity index is 765. The first-order valence-corrected chi connectivity index (χ1v) is 10.0. The van der Waals surface area contributed by atoms with Gasteiger partial charge in [-0.1, -0.05) is 12.1 Å². The van der Waals surface area contributed by atoms with E-state index >= 15 is 0 Å². The standard InChI is InChI=1S/C20H28BrN5O/c1-22-20(25(3)15-19-12-17(21)14-24(19)2)23-13-16-4-6-18(7-5-16)26-8-10-27-11-9-26/h4-7,12,14H,8-11,13,15H2,1-3H3,(H,22,23). The molecule has 0 unspecified atom stereocenters. The maximum Gasteiger partial charge on any atom is 0.194 e. The lowest BCUT2D eigenvalue weighted by molar-refractivity contribution is 0.122. The van der Waals surface area contributed by atoms with Gasteiger partial charge < -0.3 is 24.4 Å². The van der Waals surface area contributed by atoms with Crippen molar-refractivity contribution in [2.75, 3.05) is 45.3 Å². The number of aromatic nitrogens is 1. The molecular weight excluding hydrogens is 406 g/mol. The first-order chi connectivity index (χ1) is 13.1. The number of benzene rings is 1. The van der Waals surface area contributed by atoms with Gasteiger partial charge in [0.2, 0.25) is 0 Å². The SMILES string of the molecule is CN=C(NCc1ccc(N2CCOCC2)cc1)N(C)Cc1cc(Br)cn1C. The topological polar surface area (TPSA) is 45.0 Å². The van der Waals surface area contributed by atoms with E-state index in [0.717, 1.165) is 49.8 Å². The third-order valence-electron chi connectivity index (χ3n) is 4.81. The second-order valence-electron chi connectivity index (χ2n) is 6.78. The zero-order valence-corrected chi connectivity index (χ0v) is 17.9. The lowest BCUT2D eigenvalue weighted by Crippen LogP contribution is -2.38. The lowest BCUT2D eigenvalue weighted by Gasteiger charge is -2.29. The van der Waals surface area contributed by atoms with E-state index in [1.165, 1.54) is 16.9 Å². The number of rotatable bonds is 5. The van der Waals surface area contributed by atoms with E-state index in [2.05, 4.69) is 91.2 Å². The molecule has 0 atom stereocenters. The molecule has 3 rings (SSSR count). The Labute approximate surface area is 169 Å².